The molecule has 0 fully saturated rings. The fourth-order valence-corrected chi connectivity index (χ4v) is 4.99. The number of ketones is 1. The van der Waals surface area contributed by atoms with Gasteiger partial charge in [0.25, 0.3) is 0 Å². The van der Waals surface area contributed by atoms with E-state index >= 15 is 0 Å². The number of unbranched alkanes of at least 4 members (excludes halogenated alkanes) is 8. The molecule has 0 saturated carbocycles. The van der Waals surface area contributed by atoms with Crippen molar-refractivity contribution in [3.63, 3.8) is 0 Å². The van der Waals surface area contributed by atoms with Crippen LogP contribution in [0.5, 0.6) is 11.5 Å². The summed E-state index contributed by atoms with van der Waals surface area (Å²) in [6, 6.07) is 1.53. The number of carbonyl (C=O) groups is 3. The molecular weight excluding hydrogens is 562 g/mol. The van der Waals surface area contributed by atoms with Crippen molar-refractivity contribution in [1.82, 2.24) is 4.90 Å². The molecular formula is C31H44ClN3O7. The topological polar surface area (TPSA) is 149 Å². The summed E-state index contributed by atoms with van der Waals surface area (Å²) in [7, 11) is 1.45. The number of aliphatic hydroxyl groups is 2. The third-order valence-electron chi connectivity index (χ3n) is 6.94. The zero-order chi connectivity index (χ0) is 30.9. The van der Waals surface area contributed by atoms with Gasteiger partial charge in [-0.2, -0.15) is 0 Å². The minimum absolute atomic E-state index is 0.0238. The largest absolute Gasteiger partial charge is 0.504 e. The Kier molecular flexibility index (Phi) is 15.9. The van der Waals surface area contributed by atoms with Crippen molar-refractivity contribution in [1.29, 1.82) is 0 Å². The van der Waals surface area contributed by atoms with E-state index in [-0.39, 0.29) is 60.4 Å². The quantitative estimate of drug-likeness (QED) is 0.129. The van der Waals surface area contributed by atoms with Crippen LogP contribution in [-0.4, -0.2) is 76.9 Å². The number of allylic oxidation sites excluding steroid dienone is 4. The number of rotatable bonds is 19. The number of phenols is 1. The maximum Gasteiger partial charge on any atom is 0.222 e. The smallest absolute Gasteiger partial charge is 0.222 e. The molecule has 0 heterocycles. The van der Waals surface area contributed by atoms with Crippen molar-refractivity contribution in [3.05, 3.63) is 34.9 Å². The second kappa shape index (κ2) is 19.1. The predicted molar refractivity (Wildman–Crippen MR) is 165 cm³/mol. The first kappa shape index (κ1) is 35.0. The fourth-order valence-electron chi connectivity index (χ4n) is 4.77. The second-order valence-corrected chi connectivity index (χ2v) is 10.6. The van der Waals surface area contributed by atoms with E-state index in [9.17, 15) is 19.5 Å². The lowest BCUT2D eigenvalue weighted by atomic mass is 10.00. The molecule has 0 saturated heterocycles. The first-order valence-electron chi connectivity index (χ1n) is 14.6. The van der Waals surface area contributed by atoms with Crippen LogP contribution in [0.4, 0.5) is 11.4 Å². The number of nitrogens with one attached hydrogen (secondary N) is 1. The molecule has 11 heteroatoms. The van der Waals surface area contributed by atoms with E-state index in [4.69, 9.17) is 26.6 Å². The van der Waals surface area contributed by atoms with Crippen molar-refractivity contribution in [2.24, 2.45) is 4.99 Å². The van der Waals surface area contributed by atoms with Gasteiger partial charge in [0, 0.05) is 44.1 Å². The molecule has 2 amide bonds. The Morgan fingerprint density at radius 3 is 2.12 bits per heavy atom. The first-order valence-corrected chi connectivity index (χ1v) is 15.0. The van der Waals surface area contributed by atoms with Gasteiger partial charge in [-0.15, -0.1) is 0 Å². The molecule has 1 aliphatic carbocycles. The van der Waals surface area contributed by atoms with Gasteiger partial charge in [-0.1, -0.05) is 56.5 Å². The van der Waals surface area contributed by atoms with Crippen molar-refractivity contribution in [2.45, 2.75) is 77.6 Å². The SMILES string of the molecule is COc1cc(N=C2C=CC(=O)C=C2Cl)c(NC(C)=O)c(CCCCCCCCCCCC(=O)N(CCO)CCO)c1O. The zero-order valence-electron chi connectivity index (χ0n) is 24.7. The summed E-state index contributed by atoms with van der Waals surface area (Å²) in [6.07, 6.45) is 13.9. The molecule has 2 rings (SSSR count). The van der Waals surface area contributed by atoms with E-state index in [0.717, 1.165) is 57.8 Å². The number of amides is 2. The lowest BCUT2D eigenvalue weighted by Gasteiger charge is -2.20. The molecule has 1 aliphatic rings. The summed E-state index contributed by atoms with van der Waals surface area (Å²) in [5, 5.41) is 32.0. The number of aliphatic imine (C=N–C) groups is 1. The number of methoxy groups -OCH3 is 1. The molecule has 0 unspecified atom stereocenters. The van der Waals surface area contributed by atoms with Crippen molar-refractivity contribution in [2.75, 3.05) is 38.7 Å². The van der Waals surface area contributed by atoms with Gasteiger partial charge < -0.3 is 30.3 Å². The molecule has 0 spiro atoms. The maximum absolute atomic E-state index is 12.2. The van der Waals surface area contributed by atoms with E-state index < -0.39 is 0 Å². The number of aromatic hydroxyl groups is 1. The highest BCUT2D eigenvalue weighted by Crippen LogP contribution is 2.43. The van der Waals surface area contributed by atoms with Crippen LogP contribution in [0.15, 0.2) is 34.3 Å². The maximum atomic E-state index is 12.2. The molecule has 4 N–H and O–H groups in total. The summed E-state index contributed by atoms with van der Waals surface area (Å²) < 4.78 is 5.37. The Hall–Kier alpha value is -3.21. The molecule has 0 aliphatic heterocycles. The molecule has 42 heavy (non-hydrogen) atoms. The predicted octanol–water partition coefficient (Wildman–Crippen LogP) is 4.95. The molecule has 0 bridgehead atoms. The number of benzene rings is 1. The number of phenolic OH excluding ortho intramolecular Hbond substituents is 1. The monoisotopic (exact) mass is 605 g/mol. The highest BCUT2D eigenvalue weighted by molar-refractivity contribution is 6.48. The van der Waals surface area contributed by atoms with Gasteiger partial charge in [0.2, 0.25) is 11.8 Å². The van der Waals surface area contributed by atoms with E-state index in [1.165, 1.54) is 43.2 Å². The summed E-state index contributed by atoms with van der Waals surface area (Å²) in [4.78, 5) is 41.9. The van der Waals surface area contributed by atoms with E-state index in [0.29, 0.717) is 35.5 Å². The number of nitrogens with zero attached hydrogens (tertiary/aromatic N) is 2. The average molecular weight is 606 g/mol. The molecule has 0 atom stereocenters. The van der Waals surface area contributed by atoms with E-state index in [1.807, 2.05) is 0 Å². The van der Waals surface area contributed by atoms with Crippen LogP contribution >= 0.6 is 11.6 Å². The minimum Gasteiger partial charge on any atom is -0.504 e. The van der Waals surface area contributed by atoms with Crippen LogP contribution in [0.2, 0.25) is 0 Å². The van der Waals surface area contributed by atoms with Crippen LogP contribution in [-0.2, 0) is 20.8 Å². The molecule has 0 radical (unpaired) electrons. The van der Waals surface area contributed by atoms with Crippen LogP contribution in [0, 0.1) is 0 Å². The number of hydrogen-bond donors (Lipinski definition) is 4. The van der Waals surface area contributed by atoms with Crippen molar-refractivity contribution in [3.8, 4) is 11.5 Å². The lowest BCUT2D eigenvalue weighted by Crippen LogP contribution is -2.35. The van der Waals surface area contributed by atoms with Gasteiger partial charge in [0.1, 0.15) is 0 Å². The van der Waals surface area contributed by atoms with E-state index in [2.05, 4.69) is 10.3 Å². The standard InChI is InChI=1S/C31H44ClN3O7/c1-22(38)33-30-24(31(41)28(42-2)21-27(30)34-26-15-14-23(39)20-25(26)32)12-10-8-6-4-3-5-7-9-11-13-29(40)35(16-18-36)17-19-37/h14-15,20-21,36-37,41H,3-13,16-19H2,1-2H3,(H,33,38). The Labute approximate surface area is 253 Å². The van der Waals surface area contributed by atoms with Crippen molar-refractivity contribution >= 4 is 46.3 Å². The summed E-state index contributed by atoms with van der Waals surface area (Å²) >= 11 is 6.21. The van der Waals surface area contributed by atoms with Crippen LogP contribution in [0.1, 0.15) is 76.7 Å². The Bertz CT molecular complexity index is 1160. The van der Waals surface area contributed by atoms with Crippen molar-refractivity contribution < 1.29 is 34.4 Å². The minimum atomic E-state index is -0.310. The number of aliphatic hydroxyl groups excluding tert-OH is 2. The van der Waals surface area contributed by atoms with Gasteiger partial charge in [-0.25, -0.2) is 4.99 Å². The lowest BCUT2D eigenvalue weighted by molar-refractivity contribution is -0.132. The summed E-state index contributed by atoms with van der Waals surface area (Å²) in [5.74, 6) is -0.390. The van der Waals surface area contributed by atoms with Crippen LogP contribution in [0.3, 0.4) is 0 Å². The highest BCUT2D eigenvalue weighted by atomic mass is 35.5. The summed E-state index contributed by atoms with van der Waals surface area (Å²) in [6.45, 7) is 1.70. The zero-order valence-corrected chi connectivity index (χ0v) is 25.4. The number of hydrogen-bond acceptors (Lipinski definition) is 8. The summed E-state index contributed by atoms with van der Waals surface area (Å²) in [5.41, 5.74) is 1.65. The fraction of sp³-hybridized carbons (Fsp3) is 0.548. The third-order valence-corrected chi connectivity index (χ3v) is 7.24. The molecule has 1 aromatic rings. The second-order valence-electron chi connectivity index (χ2n) is 10.2. The molecule has 0 aromatic heterocycles. The number of ether oxygens (including phenoxy) is 1. The van der Waals surface area contributed by atoms with Gasteiger partial charge in [0.05, 0.1) is 42.4 Å². The van der Waals surface area contributed by atoms with Gasteiger partial charge in [-0.05, 0) is 31.4 Å². The first-order chi connectivity index (χ1) is 20.2. The van der Waals surface area contributed by atoms with Crippen LogP contribution < -0.4 is 10.1 Å². The highest BCUT2D eigenvalue weighted by Gasteiger charge is 2.20. The molecule has 1 aromatic carbocycles. The Morgan fingerprint density at radius 2 is 1.57 bits per heavy atom. The van der Waals surface area contributed by atoms with Gasteiger partial charge >= 0.3 is 0 Å². The Balaban J connectivity index is 1.86. The number of halogens is 1. The number of carbonyl (C=O) groups excluding carboxylic acids is 3. The normalized spacial score (nSPS) is 13.8. The number of anilines is 1. The molecule has 232 valence electrons. The van der Waals surface area contributed by atoms with Crippen LogP contribution in [0.25, 0.3) is 0 Å². The third kappa shape index (κ3) is 11.6. The van der Waals surface area contributed by atoms with Gasteiger partial charge in [-0.3, -0.25) is 14.4 Å². The molecule has 10 nitrogen and oxygen atoms in total. The average Bonchev–Trinajstić information content (AvgIpc) is 2.95. The Morgan fingerprint density at radius 1 is 0.976 bits per heavy atom. The van der Waals surface area contributed by atoms with Gasteiger partial charge in [0.15, 0.2) is 17.3 Å². The van der Waals surface area contributed by atoms with E-state index in [1.54, 1.807) is 0 Å².